The number of aryl methyl sites for hydroxylation is 2. The molecule has 3 rings (SSSR count). The first-order valence-corrected chi connectivity index (χ1v) is 14.6. The molecule has 2 fully saturated rings. The van der Waals surface area contributed by atoms with Crippen LogP contribution in [0.5, 0.6) is 0 Å². The van der Waals surface area contributed by atoms with Crippen LogP contribution in [0.25, 0.3) is 0 Å². The van der Waals surface area contributed by atoms with Crippen molar-refractivity contribution in [3.63, 3.8) is 0 Å². The van der Waals surface area contributed by atoms with Gasteiger partial charge in [-0.05, 0) is 89.6 Å². The van der Waals surface area contributed by atoms with E-state index < -0.39 is 0 Å². The SMILES string of the molecule is Cc1cccc(C)c1NC(=O)C[N+]1(CCCSCCCN2CCCCC2C)CC(C)OC(C)C1. The Kier molecular flexibility index (Phi) is 10.8. The van der Waals surface area contributed by atoms with Gasteiger partial charge in [0.05, 0.1) is 6.54 Å². The summed E-state index contributed by atoms with van der Waals surface area (Å²) < 4.78 is 6.89. The van der Waals surface area contributed by atoms with Crippen molar-refractivity contribution < 1.29 is 14.0 Å². The van der Waals surface area contributed by atoms with Crippen molar-refractivity contribution in [2.24, 2.45) is 0 Å². The summed E-state index contributed by atoms with van der Waals surface area (Å²) in [7, 11) is 0. The number of nitrogens with one attached hydrogen (secondary N) is 1. The largest absolute Gasteiger partial charge is 0.364 e. The Morgan fingerprint density at radius 1 is 1.09 bits per heavy atom. The van der Waals surface area contributed by atoms with Crippen LogP contribution in [0, 0.1) is 13.8 Å². The Hall–Kier alpha value is -1.08. The molecule has 0 aliphatic carbocycles. The van der Waals surface area contributed by atoms with Crippen LogP contribution >= 0.6 is 11.8 Å². The van der Waals surface area contributed by atoms with Crippen LogP contribution in [0.2, 0.25) is 0 Å². The van der Waals surface area contributed by atoms with Gasteiger partial charge in [-0.3, -0.25) is 4.79 Å². The molecule has 2 heterocycles. The molecular formula is C28H48N3O2S+. The number of morpholine rings is 1. The molecule has 1 amide bonds. The predicted octanol–water partition coefficient (Wildman–Crippen LogP) is 5.25. The molecule has 3 atom stereocenters. The normalized spacial score (nSPS) is 28.1. The smallest absolute Gasteiger partial charge is 0.279 e. The van der Waals surface area contributed by atoms with Gasteiger partial charge in [-0.25, -0.2) is 0 Å². The quantitative estimate of drug-likeness (QED) is 0.340. The van der Waals surface area contributed by atoms with Gasteiger partial charge >= 0.3 is 0 Å². The van der Waals surface area contributed by atoms with E-state index in [0.29, 0.717) is 6.54 Å². The number of ether oxygens (including phenoxy) is 1. The Morgan fingerprint density at radius 3 is 2.44 bits per heavy atom. The van der Waals surface area contributed by atoms with Crippen LogP contribution in [-0.4, -0.2) is 84.3 Å². The summed E-state index contributed by atoms with van der Waals surface area (Å²) in [6, 6.07) is 6.94. The molecule has 2 aliphatic heterocycles. The standard InChI is InChI=1S/C28H47N3O2S/c1-22-11-8-12-23(2)28(22)29-27(32)21-31(19-25(4)33-26(5)20-31)16-10-18-34-17-9-15-30-14-7-6-13-24(30)3/h8,11-12,24-26H,6-7,9-10,13-21H2,1-5H3/p+1. The molecule has 3 unspecified atom stereocenters. The molecule has 1 aromatic rings. The van der Waals surface area contributed by atoms with E-state index in [1.54, 1.807) is 0 Å². The van der Waals surface area contributed by atoms with Gasteiger partial charge in [-0.2, -0.15) is 11.8 Å². The van der Waals surface area contributed by atoms with Crippen molar-refractivity contribution in [3.8, 4) is 0 Å². The van der Waals surface area contributed by atoms with E-state index in [0.717, 1.165) is 53.4 Å². The maximum Gasteiger partial charge on any atom is 0.279 e. The second-order valence-electron chi connectivity index (χ2n) is 10.9. The van der Waals surface area contributed by atoms with Crippen molar-refractivity contribution in [3.05, 3.63) is 29.3 Å². The van der Waals surface area contributed by atoms with Crippen molar-refractivity contribution in [1.29, 1.82) is 0 Å². The number of carbonyl (C=O) groups excluding carboxylic acids is 1. The van der Waals surface area contributed by atoms with Gasteiger partial charge in [-0.1, -0.05) is 24.6 Å². The van der Waals surface area contributed by atoms with E-state index in [9.17, 15) is 4.79 Å². The number of thioether (sulfide) groups is 1. The first-order valence-electron chi connectivity index (χ1n) is 13.5. The summed E-state index contributed by atoms with van der Waals surface area (Å²) in [5.41, 5.74) is 3.22. The zero-order valence-electron chi connectivity index (χ0n) is 22.3. The lowest BCUT2D eigenvalue weighted by molar-refractivity contribution is -0.934. The van der Waals surface area contributed by atoms with Gasteiger partial charge in [0.25, 0.3) is 5.91 Å². The maximum atomic E-state index is 13.2. The molecule has 6 heteroatoms. The van der Waals surface area contributed by atoms with Gasteiger partial charge in [0.2, 0.25) is 0 Å². The second kappa shape index (κ2) is 13.3. The lowest BCUT2D eigenvalue weighted by Crippen LogP contribution is -2.62. The summed E-state index contributed by atoms with van der Waals surface area (Å²) >= 11 is 2.09. The molecule has 0 spiro atoms. The molecule has 2 aliphatic rings. The third-order valence-electron chi connectivity index (χ3n) is 7.57. The summed E-state index contributed by atoms with van der Waals surface area (Å²) in [6.07, 6.45) is 6.96. The van der Waals surface area contributed by atoms with E-state index in [1.165, 1.54) is 50.3 Å². The Labute approximate surface area is 212 Å². The number of quaternary nitrogens is 1. The number of likely N-dealkylation sites (tertiary alicyclic amines) is 1. The third kappa shape index (κ3) is 8.25. The molecule has 1 N–H and O–H groups in total. The van der Waals surface area contributed by atoms with Crippen LogP contribution in [0.3, 0.4) is 0 Å². The number of rotatable bonds is 11. The molecule has 0 radical (unpaired) electrons. The molecule has 0 saturated carbocycles. The van der Waals surface area contributed by atoms with Crippen LogP contribution in [0.4, 0.5) is 5.69 Å². The summed E-state index contributed by atoms with van der Waals surface area (Å²) in [6.45, 7) is 16.8. The number of anilines is 1. The van der Waals surface area contributed by atoms with Crippen molar-refractivity contribution in [2.45, 2.75) is 85.0 Å². The average Bonchev–Trinajstić information content (AvgIpc) is 2.76. The molecule has 192 valence electrons. The summed E-state index contributed by atoms with van der Waals surface area (Å²) in [4.78, 5) is 15.9. The van der Waals surface area contributed by atoms with Gasteiger partial charge in [0, 0.05) is 18.2 Å². The highest BCUT2D eigenvalue weighted by molar-refractivity contribution is 7.99. The number of nitrogens with zero attached hydrogens (tertiary/aromatic N) is 2. The highest BCUT2D eigenvalue weighted by atomic mass is 32.2. The third-order valence-corrected chi connectivity index (χ3v) is 8.73. The fourth-order valence-corrected chi connectivity index (χ4v) is 6.87. The van der Waals surface area contributed by atoms with Crippen LogP contribution in [0.1, 0.15) is 64.0 Å². The number of piperidine rings is 1. The number of carbonyl (C=O) groups is 1. The van der Waals surface area contributed by atoms with E-state index in [1.807, 2.05) is 6.07 Å². The minimum absolute atomic E-state index is 0.127. The first-order chi connectivity index (χ1) is 16.3. The van der Waals surface area contributed by atoms with Gasteiger partial charge < -0.3 is 19.4 Å². The molecule has 34 heavy (non-hydrogen) atoms. The van der Waals surface area contributed by atoms with Crippen molar-refractivity contribution >= 4 is 23.4 Å². The number of hydrogen-bond acceptors (Lipinski definition) is 4. The minimum Gasteiger partial charge on any atom is -0.364 e. The first kappa shape index (κ1) is 27.5. The maximum absolute atomic E-state index is 13.2. The molecule has 5 nitrogen and oxygen atoms in total. The number of hydrogen-bond donors (Lipinski definition) is 1. The Morgan fingerprint density at radius 2 is 1.76 bits per heavy atom. The Balaban J connectivity index is 1.47. The fourth-order valence-electron chi connectivity index (χ4n) is 6.00. The molecular weight excluding hydrogens is 442 g/mol. The number of benzene rings is 1. The van der Waals surface area contributed by atoms with Gasteiger partial charge in [0.15, 0.2) is 6.54 Å². The zero-order chi connectivity index (χ0) is 24.6. The molecule has 0 aromatic heterocycles. The van der Waals surface area contributed by atoms with Crippen molar-refractivity contribution in [1.82, 2.24) is 4.90 Å². The van der Waals surface area contributed by atoms with Crippen LogP contribution in [0.15, 0.2) is 18.2 Å². The van der Waals surface area contributed by atoms with E-state index >= 15 is 0 Å². The average molecular weight is 491 g/mol. The second-order valence-corrected chi connectivity index (χ2v) is 12.1. The monoisotopic (exact) mass is 490 g/mol. The van der Waals surface area contributed by atoms with E-state index in [-0.39, 0.29) is 18.1 Å². The Bertz CT molecular complexity index is 757. The molecule has 0 bridgehead atoms. The highest BCUT2D eigenvalue weighted by Crippen LogP contribution is 2.24. The zero-order valence-corrected chi connectivity index (χ0v) is 23.1. The van der Waals surface area contributed by atoms with Crippen LogP contribution in [-0.2, 0) is 9.53 Å². The summed E-state index contributed by atoms with van der Waals surface area (Å²) in [5, 5.41) is 3.23. The predicted molar refractivity (Wildman–Crippen MR) is 146 cm³/mol. The highest BCUT2D eigenvalue weighted by Gasteiger charge is 2.39. The fraction of sp³-hybridized carbons (Fsp3) is 0.750. The number of para-hydroxylation sites is 1. The number of amides is 1. The molecule has 2 saturated heterocycles. The summed E-state index contributed by atoms with van der Waals surface area (Å²) in [5.74, 6) is 2.55. The van der Waals surface area contributed by atoms with Crippen molar-refractivity contribution in [2.75, 3.05) is 56.1 Å². The van der Waals surface area contributed by atoms with Gasteiger partial charge in [0.1, 0.15) is 25.3 Å². The van der Waals surface area contributed by atoms with Gasteiger partial charge in [-0.15, -0.1) is 0 Å². The van der Waals surface area contributed by atoms with Crippen LogP contribution < -0.4 is 5.32 Å². The minimum atomic E-state index is 0.127. The topological polar surface area (TPSA) is 41.6 Å². The van der Waals surface area contributed by atoms with E-state index in [4.69, 9.17) is 4.74 Å². The molecule has 1 aromatic carbocycles. The lowest BCUT2D eigenvalue weighted by atomic mass is 10.0. The van der Waals surface area contributed by atoms with E-state index in [2.05, 4.69) is 68.7 Å². The lowest BCUT2D eigenvalue weighted by Gasteiger charge is -2.45.